The minimum Gasteiger partial charge on any atom is -0.454 e. The molecule has 1 saturated carbocycles. The van der Waals surface area contributed by atoms with E-state index in [4.69, 9.17) is 4.74 Å². The van der Waals surface area contributed by atoms with Gasteiger partial charge in [-0.25, -0.2) is 4.79 Å². The Bertz CT molecular complexity index is 610. The van der Waals surface area contributed by atoms with E-state index in [0.717, 1.165) is 24.2 Å². The van der Waals surface area contributed by atoms with Gasteiger partial charge in [-0.2, -0.15) is 0 Å². The van der Waals surface area contributed by atoms with E-state index in [-0.39, 0.29) is 29.8 Å². The highest BCUT2D eigenvalue weighted by atomic mass is 16.5. The topological polar surface area (TPSA) is 96.0 Å². The second-order valence-electron chi connectivity index (χ2n) is 8.09. The molecule has 0 aromatic heterocycles. The van der Waals surface area contributed by atoms with Gasteiger partial charge in [-0.3, -0.25) is 19.3 Å². The summed E-state index contributed by atoms with van der Waals surface area (Å²) in [4.78, 5) is 52.1. The van der Waals surface area contributed by atoms with Crippen LogP contribution in [0.5, 0.6) is 0 Å². The van der Waals surface area contributed by atoms with Crippen LogP contribution in [0.2, 0.25) is 0 Å². The zero-order chi connectivity index (χ0) is 20.4. The summed E-state index contributed by atoms with van der Waals surface area (Å²) in [5.41, 5.74) is -0.905. The first-order valence-electron chi connectivity index (χ1n) is 9.71. The summed E-state index contributed by atoms with van der Waals surface area (Å²) in [6.07, 6.45) is 3.33. The van der Waals surface area contributed by atoms with E-state index in [1.54, 1.807) is 4.90 Å². The van der Waals surface area contributed by atoms with E-state index in [1.165, 1.54) is 0 Å². The van der Waals surface area contributed by atoms with Crippen LogP contribution in [0.15, 0.2) is 0 Å². The molecule has 0 aromatic carbocycles. The third kappa shape index (κ3) is 4.25. The number of carbonyl (C=O) groups is 4. The van der Waals surface area contributed by atoms with Crippen molar-refractivity contribution in [2.24, 2.45) is 5.92 Å². The van der Waals surface area contributed by atoms with E-state index in [9.17, 15) is 19.2 Å². The molecule has 2 rings (SSSR count). The van der Waals surface area contributed by atoms with Gasteiger partial charge in [0.1, 0.15) is 12.1 Å². The molecule has 1 N–H and O–H groups in total. The van der Waals surface area contributed by atoms with E-state index in [2.05, 4.69) is 5.32 Å². The number of ether oxygens (including phenoxy) is 1. The molecule has 1 heterocycles. The first kappa shape index (κ1) is 21.2. The Labute approximate surface area is 160 Å². The maximum atomic E-state index is 12.8. The quantitative estimate of drug-likeness (QED) is 0.558. The van der Waals surface area contributed by atoms with Gasteiger partial charge < -0.3 is 15.0 Å². The highest BCUT2D eigenvalue weighted by Crippen LogP contribution is 2.38. The Morgan fingerprint density at radius 2 is 1.85 bits per heavy atom. The molecular weight excluding hydrogens is 350 g/mol. The number of nitrogens with zero attached hydrogens (tertiary/aromatic N) is 2. The standard InChI is InChI=1S/C19H31N3O5/c1-12(2)22(13(3)4)15(23)11-27-16(24)10-21-17(25)19(20-18(21)26)9-7-6-8-14(19)5/h12-14H,6-11H2,1-5H3,(H,20,26). The summed E-state index contributed by atoms with van der Waals surface area (Å²) in [5.74, 6) is -1.41. The molecule has 1 aliphatic carbocycles. The Hall–Kier alpha value is -2.12. The van der Waals surface area contributed by atoms with Crippen molar-refractivity contribution in [3.63, 3.8) is 0 Å². The zero-order valence-electron chi connectivity index (χ0n) is 16.9. The summed E-state index contributed by atoms with van der Waals surface area (Å²) in [6.45, 7) is 8.62. The minimum absolute atomic E-state index is 0.0187. The number of hydrogen-bond donors (Lipinski definition) is 1. The lowest BCUT2D eigenvalue weighted by Gasteiger charge is -2.36. The number of amides is 4. The molecule has 2 unspecified atom stereocenters. The Morgan fingerprint density at radius 3 is 2.41 bits per heavy atom. The second kappa shape index (κ2) is 8.27. The smallest absolute Gasteiger partial charge is 0.326 e. The number of hydrogen-bond acceptors (Lipinski definition) is 5. The average Bonchev–Trinajstić information content (AvgIpc) is 2.80. The summed E-state index contributed by atoms with van der Waals surface area (Å²) >= 11 is 0. The second-order valence-corrected chi connectivity index (χ2v) is 8.09. The number of rotatable bonds is 6. The number of carbonyl (C=O) groups excluding carboxylic acids is 4. The van der Waals surface area contributed by atoms with E-state index in [0.29, 0.717) is 6.42 Å². The highest BCUT2D eigenvalue weighted by Gasteiger charge is 2.55. The fourth-order valence-electron chi connectivity index (χ4n) is 4.20. The van der Waals surface area contributed by atoms with Gasteiger partial charge >= 0.3 is 12.0 Å². The molecular formula is C19H31N3O5. The summed E-state index contributed by atoms with van der Waals surface area (Å²) < 4.78 is 5.04. The molecule has 0 radical (unpaired) electrons. The molecule has 2 aliphatic rings. The Balaban J connectivity index is 1.95. The van der Waals surface area contributed by atoms with Crippen molar-refractivity contribution in [2.45, 2.75) is 77.9 Å². The van der Waals surface area contributed by atoms with Crippen LogP contribution in [-0.4, -0.2) is 64.4 Å². The van der Waals surface area contributed by atoms with Gasteiger partial charge in [0.15, 0.2) is 6.61 Å². The fourth-order valence-corrected chi connectivity index (χ4v) is 4.20. The first-order chi connectivity index (χ1) is 12.6. The van der Waals surface area contributed by atoms with Crippen molar-refractivity contribution < 1.29 is 23.9 Å². The van der Waals surface area contributed by atoms with Gasteiger partial charge in [0, 0.05) is 12.1 Å². The van der Waals surface area contributed by atoms with Crippen LogP contribution in [0, 0.1) is 5.92 Å². The van der Waals surface area contributed by atoms with Gasteiger partial charge in [-0.1, -0.05) is 19.8 Å². The predicted octanol–water partition coefficient (Wildman–Crippen LogP) is 1.68. The van der Waals surface area contributed by atoms with Crippen molar-refractivity contribution in [1.82, 2.24) is 15.1 Å². The van der Waals surface area contributed by atoms with Gasteiger partial charge in [0.2, 0.25) is 0 Å². The van der Waals surface area contributed by atoms with E-state index >= 15 is 0 Å². The van der Waals surface area contributed by atoms with Crippen LogP contribution in [0.3, 0.4) is 0 Å². The fraction of sp³-hybridized carbons (Fsp3) is 0.789. The molecule has 2 fully saturated rings. The molecule has 1 saturated heterocycles. The zero-order valence-corrected chi connectivity index (χ0v) is 16.9. The van der Waals surface area contributed by atoms with Crippen molar-refractivity contribution in [3.05, 3.63) is 0 Å². The average molecular weight is 381 g/mol. The van der Waals surface area contributed by atoms with Crippen LogP contribution >= 0.6 is 0 Å². The molecule has 1 aliphatic heterocycles. The number of imide groups is 1. The molecule has 1 spiro atoms. The van der Waals surface area contributed by atoms with E-state index < -0.39 is 30.7 Å². The molecule has 0 bridgehead atoms. The third-order valence-electron chi connectivity index (χ3n) is 5.55. The summed E-state index contributed by atoms with van der Waals surface area (Å²) in [7, 11) is 0. The third-order valence-corrected chi connectivity index (χ3v) is 5.55. The van der Waals surface area contributed by atoms with Crippen molar-refractivity contribution in [1.29, 1.82) is 0 Å². The predicted molar refractivity (Wildman–Crippen MR) is 98.7 cm³/mol. The lowest BCUT2D eigenvalue weighted by molar-refractivity contribution is -0.155. The maximum Gasteiger partial charge on any atom is 0.326 e. The molecule has 2 atom stereocenters. The molecule has 8 heteroatoms. The monoisotopic (exact) mass is 381 g/mol. The van der Waals surface area contributed by atoms with Crippen molar-refractivity contribution in [2.75, 3.05) is 13.2 Å². The maximum absolute atomic E-state index is 12.8. The van der Waals surface area contributed by atoms with Crippen LogP contribution in [0.25, 0.3) is 0 Å². The van der Waals surface area contributed by atoms with Gasteiger partial charge in [0.25, 0.3) is 11.8 Å². The van der Waals surface area contributed by atoms with Crippen molar-refractivity contribution in [3.8, 4) is 0 Å². The van der Waals surface area contributed by atoms with Gasteiger partial charge in [-0.15, -0.1) is 0 Å². The van der Waals surface area contributed by atoms with Crippen molar-refractivity contribution >= 4 is 23.8 Å². The van der Waals surface area contributed by atoms with Crippen LogP contribution in [0.1, 0.15) is 60.3 Å². The molecule has 0 aromatic rings. The Morgan fingerprint density at radius 1 is 1.22 bits per heavy atom. The largest absolute Gasteiger partial charge is 0.454 e. The van der Waals surface area contributed by atoms with Crippen LogP contribution < -0.4 is 5.32 Å². The lowest BCUT2D eigenvalue weighted by atomic mass is 9.73. The van der Waals surface area contributed by atoms with E-state index in [1.807, 2.05) is 34.6 Å². The van der Waals surface area contributed by atoms with Gasteiger partial charge in [-0.05, 0) is 46.5 Å². The number of urea groups is 1. The Kier molecular flexibility index (Phi) is 6.49. The molecule has 8 nitrogen and oxygen atoms in total. The molecule has 27 heavy (non-hydrogen) atoms. The lowest BCUT2D eigenvalue weighted by Crippen LogP contribution is -2.54. The normalized spacial score (nSPS) is 25.3. The molecule has 152 valence electrons. The molecule has 4 amide bonds. The number of esters is 1. The summed E-state index contributed by atoms with van der Waals surface area (Å²) in [5, 5.41) is 2.79. The van der Waals surface area contributed by atoms with Crippen LogP contribution in [-0.2, 0) is 19.1 Å². The number of nitrogens with one attached hydrogen (secondary N) is 1. The minimum atomic E-state index is -0.905. The van der Waals surface area contributed by atoms with Crippen LogP contribution in [0.4, 0.5) is 4.79 Å². The first-order valence-corrected chi connectivity index (χ1v) is 9.71. The SMILES string of the molecule is CC(C)N(C(=O)COC(=O)CN1C(=O)NC2(CCCCC2C)C1=O)C(C)C. The summed E-state index contributed by atoms with van der Waals surface area (Å²) in [6, 6.07) is -0.604. The highest BCUT2D eigenvalue weighted by molar-refractivity contribution is 6.09. The van der Waals surface area contributed by atoms with Gasteiger partial charge in [0.05, 0.1) is 0 Å².